The van der Waals surface area contributed by atoms with Crippen LogP contribution in [0.5, 0.6) is 0 Å². The zero-order valence-corrected chi connectivity index (χ0v) is 39.7. The summed E-state index contributed by atoms with van der Waals surface area (Å²) in [6.07, 6.45) is 0. The third-order valence-corrected chi connectivity index (χ3v) is 15.0. The molecule has 0 aliphatic heterocycles. The molecule has 0 saturated carbocycles. The summed E-state index contributed by atoms with van der Waals surface area (Å²) in [6, 6.07) is 54.3. The number of fused-ring (bicyclic) bond motifs is 15. The minimum Gasteiger partial charge on any atom is -0.456 e. The van der Waals surface area contributed by atoms with Crippen LogP contribution >= 0.6 is 0 Å². The Labute approximate surface area is 394 Å². The quantitative estimate of drug-likeness (QED) is 0.167. The average Bonchev–Trinajstić information content (AvgIpc) is 4.08. The molecule has 5 heteroatoms. The van der Waals surface area contributed by atoms with Crippen molar-refractivity contribution >= 4 is 109 Å². The van der Waals surface area contributed by atoms with Crippen LogP contribution < -0.4 is 0 Å². The first kappa shape index (κ1) is 40.5. The van der Waals surface area contributed by atoms with Crippen molar-refractivity contribution in [2.45, 2.75) is 79.1 Å². The van der Waals surface area contributed by atoms with Gasteiger partial charge in [0.05, 0.1) is 27.6 Å². The van der Waals surface area contributed by atoms with E-state index in [-0.39, 0.29) is 0 Å². The second kappa shape index (κ2) is 14.6. The highest BCUT2D eigenvalue weighted by molar-refractivity contribution is 6.29. The predicted octanol–water partition coefficient (Wildman–Crippen LogP) is 18.4. The summed E-state index contributed by atoms with van der Waals surface area (Å²) < 4.78 is 18.3. The fourth-order valence-corrected chi connectivity index (χ4v) is 11.1. The molecule has 0 atom stereocenters. The van der Waals surface area contributed by atoms with Gasteiger partial charge in [0.15, 0.2) is 5.58 Å². The molecule has 330 valence electrons. The van der Waals surface area contributed by atoms with Gasteiger partial charge in [0.2, 0.25) is 0 Å². The van der Waals surface area contributed by atoms with E-state index in [0.29, 0.717) is 40.4 Å². The fraction of sp³-hybridized carbons (Fsp3) is 0.190. The number of benzene rings is 9. The molecule has 0 spiro atoms. The first-order chi connectivity index (χ1) is 32.9. The molecule has 0 fully saturated rings. The molecule has 0 aliphatic carbocycles. The van der Waals surface area contributed by atoms with Gasteiger partial charge in [-0.1, -0.05) is 91.8 Å². The first-order valence-electron chi connectivity index (χ1n) is 24.2. The van der Waals surface area contributed by atoms with Crippen LogP contribution in [0.3, 0.4) is 0 Å². The van der Waals surface area contributed by atoms with Crippen LogP contribution in [0.4, 0.5) is 0 Å². The van der Waals surface area contributed by atoms with Gasteiger partial charge in [-0.25, -0.2) is 0 Å². The summed E-state index contributed by atoms with van der Waals surface area (Å²) in [6.45, 7) is 18.1. The molecule has 0 N–H and O–H groups in total. The third-order valence-electron chi connectivity index (χ3n) is 15.0. The number of nitrogens with zero attached hydrogens (tertiary/aromatic N) is 3. The van der Waals surface area contributed by atoms with Gasteiger partial charge in [0, 0.05) is 60.5 Å². The highest BCUT2D eigenvalue weighted by atomic mass is 16.3. The largest absolute Gasteiger partial charge is 0.456 e. The molecule has 0 radical (unpaired) electrons. The van der Waals surface area contributed by atoms with Crippen molar-refractivity contribution in [3.05, 3.63) is 167 Å². The lowest BCUT2D eigenvalue weighted by Gasteiger charge is -2.11. The molecule has 0 saturated heterocycles. The molecule has 0 aliphatic rings. The van der Waals surface area contributed by atoms with Crippen LogP contribution in [-0.2, 0) is 0 Å². The molecule has 0 amide bonds. The van der Waals surface area contributed by atoms with Crippen LogP contribution in [0.15, 0.2) is 148 Å². The van der Waals surface area contributed by atoms with E-state index in [4.69, 9.17) is 8.83 Å². The standard InChI is InChI=1S/C63H51N3O2/c1-33(2)37-11-17-54-48(23-37)49-24-38(34(3)4)12-18-55(49)65(54)46-15-9-41-27-52-58(29-43(41)21-46)67-60-31-45(32-64)63-62(61(52)60)53-28-42-10-16-47(22-44(42)30-59(53)68-63)66-56-19-13-39(35(5)6)25-50(56)51-26-40(36(7)8)14-20-57(51)66/h9-31,33-36H,1-8H3. The van der Waals surface area contributed by atoms with Crippen LogP contribution in [0, 0.1) is 11.3 Å². The minimum atomic E-state index is 0.434. The number of rotatable bonds is 6. The van der Waals surface area contributed by atoms with E-state index in [9.17, 15) is 5.26 Å². The summed E-state index contributed by atoms with van der Waals surface area (Å²) in [5.41, 5.74) is 15.6. The maximum atomic E-state index is 10.5. The van der Waals surface area contributed by atoms with Crippen LogP contribution in [0.2, 0.25) is 0 Å². The maximum absolute atomic E-state index is 10.5. The predicted molar refractivity (Wildman–Crippen MR) is 286 cm³/mol. The van der Waals surface area contributed by atoms with Gasteiger partial charge in [-0.05, 0) is 165 Å². The molecule has 68 heavy (non-hydrogen) atoms. The Morgan fingerprint density at radius 1 is 0.368 bits per heavy atom. The molecular weight excluding hydrogens is 831 g/mol. The summed E-state index contributed by atoms with van der Waals surface area (Å²) in [7, 11) is 0. The van der Waals surface area contributed by atoms with Crippen molar-refractivity contribution in [2.75, 3.05) is 0 Å². The molecule has 13 rings (SSSR count). The van der Waals surface area contributed by atoms with Crippen molar-refractivity contribution in [2.24, 2.45) is 0 Å². The van der Waals surface area contributed by atoms with Crippen LogP contribution in [-0.4, -0.2) is 9.13 Å². The van der Waals surface area contributed by atoms with Crippen LogP contribution in [0.1, 0.15) is 107 Å². The summed E-state index contributed by atoms with van der Waals surface area (Å²) in [4.78, 5) is 0. The molecule has 13 aromatic rings. The Morgan fingerprint density at radius 3 is 1.16 bits per heavy atom. The van der Waals surface area contributed by atoms with Gasteiger partial charge in [-0.2, -0.15) is 5.26 Å². The van der Waals surface area contributed by atoms with Gasteiger partial charge >= 0.3 is 0 Å². The molecule has 5 nitrogen and oxygen atoms in total. The molecule has 0 unspecified atom stereocenters. The van der Waals surface area contributed by atoms with E-state index < -0.39 is 0 Å². The van der Waals surface area contributed by atoms with E-state index >= 15 is 0 Å². The highest BCUT2D eigenvalue weighted by Crippen LogP contribution is 2.45. The lowest BCUT2D eigenvalue weighted by molar-refractivity contribution is 0.662. The van der Waals surface area contributed by atoms with E-state index in [2.05, 4.69) is 204 Å². The number of hydrogen-bond acceptors (Lipinski definition) is 3. The number of nitriles is 1. The zero-order chi connectivity index (χ0) is 46.4. The Kier molecular flexibility index (Phi) is 8.68. The molecule has 0 bridgehead atoms. The van der Waals surface area contributed by atoms with Gasteiger partial charge < -0.3 is 18.0 Å². The van der Waals surface area contributed by atoms with E-state index in [1.54, 1.807) is 0 Å². The minimum absolute atomic E-state index is 0.434. The monoisotopic (exact) mass is 881 g/mol. The van der Waals surface area contributed by atoms with Crippen molar-refractivity contribution < 1.29 is 8.83 Å². The smallest absolute Gasteiger partial charge is 0.154 e. The molecular formula is C63H51N3O2. The Balaban J connectivity index is 0.975. The lowest BCUT2D eigenvalue weighted by Crippen LogP contribution is -1.95. The normalized spacial score (nSPS) is 12.6. The highest BCUT2D eigenvalue weighted by Gasteiger charge is 2.23. The summed E-state index contributed by atoms with van der Waals surface area (Å²) >= 11 is 0. The topological polar surface area (TPSA) is 59.9 Å². The summed E-state index contributed by atoms with van der Waals surface area (Å²) in [5.74, 6) is 1.74. The Morgan fingerprint density at radius 2 is 0.765 bits per heavy atom. The van der Waals surface area contributed by atoms with E-state index in [1.165, 1.54) is 65.9 Å². The van der Waals surface area contributed by atoms with Gasteiger partial charge in [0.1, 0.15) is 22.8 Å². The number of hydrogen-bond donors (Lipinski definition) is 0. The second-order valence-corrected chi connectivity index (χ2v) is 20.5. The Hall–Kier alpha value is -7.81. The molecule has 4 heterocycles. The van der Waals surface area contributed by atoms with Gasteiger partial charge in [-0.3, -0.25) is 0 Å². The van der Waals surface area contributed by atoms with Gasteiger partial charge in [0.25, 0.3) is 0 Å². The molecule has 9 aromatic carbocycles. The number of furan rings is 2. The van der Waals surface area contributed by atoms with Crippen molar-refractivity contribution in [3.63, 3.8) is 0 Å². The average molecular weight is 882 g/mol. The lowest BCUT2D eigenvalue weighted by atomic mass is 9.98. The van der Waals surface area contributed by atoms with Crippen molar-refractivity contribution in [1.82, 2.24) is 9.13 Å². The summed E-state index contributed by atoms with van der Waals surface area (Å²) in [5, 5.41) is 23.9. The molecule has 4 aromatic heterocycles. The maximum Gasteiger partial charge on any atom is 0.154 e. The first-order valence-corrected chi connectivity index (χ1v) is 24.2. The van der Waals surface area contributed by atoms with Gasteiger partial charge in [-0.15, -0.1) is 0 Å². The third kappa shape index (κ3) is 5.86. The van der Waals surface area contributed by atoms with Crippen molar-refractivity contribution in [1.29, 1.82) is 5.26 Å². The van der Waals surface area contributed by atoms with Crippen LogP contribution in [0.25, 0.3) is 120 Å². The van der Waals surface area contributed by atoms with E-state index in [0.717, 1.165) is 65.6 Å². The zero-order valence-electron chi connectivity index (χ0n) is 39.7. The Bertz CT molecular complexity index is 4220. The van der Waals surface area contributed by atoms with E-state index in [1.807, 2.05) is 6.07 Å². The fourth-order valence-electron chi connectivity index (χ4n) is 11.1. The number of aromatic nitrogens is 2. The van der Waals surface area contributed by atoms with Crippen molar-refractivity contribution in [3.8, 4) is 17.4 Å². The SMILES string of the molecule is CC(C)c1ccc2c(c1)c1cc(C(C)C)ccc1n2-c1ccc2cc3c(cc2c1)oc1cc(C#N)c2oc4cc5cc(-n6c7ccc(C(C)C)cc7c7cc(C(C)C)ccc76)ccc5cc4c2c13. The second-order valence-electron chi connectivity index (χ2n) is 20.5.